The molecule has 0 aliphatic rings. The van der Waals surface area contributed by atoms with Crippen molar-refractivity contribution in [2.24, 2.45) is 0 Å². The van der Waals surface area contributed by atoms with E-state index in [-0.39, 0.29) is 5.69 Å². The smallest absolute Gasteiger partial charge is 0.363 e. The summed E-state index contributed by atoms with van der Waals surface area (Å²) in [4.78, 5) is 16.1. The van der Waals surface area contributed by atoms with Crippen LogP contribution in [0.5, 0.6) is 5.75 Å². The Morgan fingerprint density at radius 2 is 1.75 bits per heavy atom. The number of nitrogens with zero attached hydrogens (tertiary/aromatic N) is 2. The van der Waals surface area contributed by atoms with E-state index in [9.17, 15) is 4.79 Å². The Morgan fingerprint density at radius 3 is 2.40 bits per heavy atom. The highest BCUT2D eigenvalue weighted by Gasteiger charge is 2.09. The summed E-state index contributed by atoms with van der Waals surface area (Å²) in [5.41, 5.74) is 1.48. The molecule has 20 heavy (non-hydrogen) atoms. The highest BCUT2D eigenvalue weighted by molar-refractivity contribution is 7.10. The number of benzene rings is 2. The molecule has 0 fully saturated rings. The zero-order chi connectivity index (χ0) is 13.9. The van der Waals surface area contributed by atoms with Gasteiger partial charge in [-0.15, -0.1) is 0 Å². The Labute approximate surface area is 120 Å². The normalized spacial score (nSPS) is 10.4. The van der Waals surface area contributed by atoms with Crippen LogP contribution in [0, 0.1) is 0 Å². The lowest BCUT2D eigenvalue weighted by Crippen LogP contribution is -2.12. The van der Waals surface area contributed by atoms with Gasteiger partial charge < -0.3 is 4.74 Å². The van der Waals surface area contributed by atoms with Gasteiger partial charge >= 0.3 is 5.69 Å². The minimum Gasteiger partial charge on any atom is -0.497 e. The molecule has 0 aliphatic carbocycles. The largest absolute Gasteiger partial charge is 0.497 e. The quantitative estimate of drug-likeness (QED) is 0.742. The third-order valence-corrected chi connectivity index (χ3v) is 3.93. The minimum absolute atomic E-state index is 0.257. The van der Waals surface area contributed by atoms with Crippen LogP contribution in [0.2, 0.25) is 0 Å². The fourth-order valence-corrected chi connectivity index (χ4v) is 2.73. The zero-order valence-electron chi connectivity index (χ0n) is 10.8. The van der Waals surface area contributed by atoms with Crippen molar-refractivity contribution in [1.82, 2.24) is 8.94 Å². The van der Waals surface area contributed by atoms with Gasteiger partial charge in [0.25, 0.3) is 0 Å². The van der Waals surface area contributed by atoms with E-state index < -0.39 is 0 Å². The first-order valence-corrected chi connectivity index (χ1v) is 6.85. The number of methoxy groups -OCH3 is 1. The van der Waals surface area contributed by atoms with Crippen LogP contribution < -0.4 is 10.4 Å². The van der Waals surface area contributed by atoms with Crippen LogP contribution >= 0.6 is 11.5 Å². The Morgan fingerprint density at radius 1 is 1.05 bits per heavy atom. The lowest BCUT2D eigenvalue weighted by Gasteiger charge is -2.00. The summed E-state index contributed by atoms with van der Waals surface area (Å²) in [5, 5.41) is 0.696. The van der Waals surface area contributed by atoms with Gasteiger partial charge in [-0.25, -0.2) is 8.75 Å². The van der Waals surface area contributed by atoms with Crippen LogP contribution in [0.3, 0.4) is 0 Å². The summed E-state index contributed by atoms with van der Waals surface area (Å²) < 4.78 is 6.70. The van der Waals surface area contributed by atoms with E-state index in [1.807, 2.05) is 54.6 Å². The standard InChI is InChI=1S/C15H12N2O2S/c1-19-13-9-7-11(8-10-13)14-16-15(18)17(20-14)12-5-3-2-4-6-12/h2-10H,1H3. The summed E-state index contributed by atoms with van der Waals surface area (Å²) in [6.07, 6.45) is 0. The lowest BCUT2D eigenvalue weighted by molar-refractivity contribution is 0.415. The van der Waals surface area contributed by atoms with Crippen LogP contribution in [-0.2, 0) is 0 Å². The second kappa shape index (κ2) is 5.30. The summed E-state index contributed by atoms with van der Waals surface area (Å²) in [6, 6.07) is 17.0. The number of hydrogen-bond acceptors (Lipinski definition) is 4. The van der Waals surface area contributed by atoms with Crippen molar-refractivity contribution in [2.75, 3.05) is 7.11 Å². The summed E-state index contributed by atoms with van der Waals surface area (Å²) >= 11 is 1.33. The molecule has 0 saturated heterocycles. The molecule has 0 atom stereocenters. The monoisotopic (exact) mass is 284 g/mol. The van der Waals surface area contributed by atoms with Crippen molar-refractivity contribution in [3.05, 3.63) is 65.1 Å². The molecule has 5 heteroatoms. The van der Waals surface area contributed by atoms with Gasteiger partial charge in [-0.2, -0.15) is 4.98 Å². The molecule has 0 amide bonds. The maximum atomic E-state index is 12.0. The van der Waals surface area contributed by atoms with Gasteiger partial charge in [0, 0.05) is 5.56 Å². The highest BCUT2D eigenvalue weighted by Crippen LogP contribution is 2.24. The van der Waals surface area contributed by atoms with Gasteiger partial charge in [0.1, 0.15) is 10.8 Å². The van der Waals surface area contributed by atoms with Gasteiger partial charge in [0.05, 0.1) is 12.8 Å². The van der Waals surface area contributed by atoms with Crippen molar-refractivity contribution in [3.63, 3.8) is 0 Å². The number of ether oxygens (including phenoxy) is 1. The first kappa shape index (κ1) is 12.6. The van der Waals surface area contributed by atoms with E-state index >= 15 is 0 Å². The molecule has 2 aromatic carbocycles. The Bertz CT molecular complexity index is 761. The molecule has 0 radical (unpaired) electrons. The van der Waals surface area contributed by atoms with Gasteiger partial charge in [0.2, 0.25) is 0 Å². The van der Waals surface area contributed by atoms with E-state index in [1.165, 1.54) is 11.5 Å². The maximum absolute atomic E-state index is 12.0. The van der Waals surface area contributed by atoms with Crippen LogP contribution in [0.4, 0.5) is 0 Å². The van der Waals surface area contributed by atoms with Crippen molar-refractivity contribution >= 4 is 11.5 Å². The number of aromatic nitrogens is 2. The molecule has 3 aromatic rings. The topological polar surface area (TPSA) is 44.1 Å². The van der Waals surface area contributed by atoms with Gasteiger partial charge in [-0.3, -0.25) is 0 Å². The minimum atomic E-state index is -0.257. The van der Waals surface area contributed by atoms with E-state index in [2.05, 4.69) is 4.98 Å². The second-order valence-corrected chi connectivity index (χ2v) is 5.08. The van der Waals surface area contributed by atoms with Crippen molar-refractivity contribution in [2.45, 2.75) is 0 Å². The zero-order valence-corrected chi connectivity index (χ0v) is 11.6. The molecular weight excluding hydrogens is 272 g/mol. The Hall–Kier alpha value is -2.40. The average Bonchev–Trinajstić information content (AvgIpc) is 2.90. The first-order valence-electron chi connectivity index (χ1n) is 6.08. The number of rotatable bonds is 3. The fourth-order valence-electron chi connectivity index (χ4n) is 1.86. The first-order chi connectivity index (χ1) is 9.78. The highest BCUT2D eigenvalue weighted by atomic mass is 32.1. The van der Waals surface area contributed by atoms with Gasteiger partial charge in [-0.05, 0) is 47.9 Å². The van der Waals surface area contributed by atoms with Crippen molar-refractivity contribution in [1.29, 1.82) is 0 Å². The second-order valence-electron chi connectivity index (χ2n) is 4.15. The molecule has 0 aliphatic heterocycles. The van der Waals surface area contributed by atoms with E-state index in [4.69, 9.17) is 4.74 Å². The molecule has 4 nitrogen and oxygen atoms in total. The van der Waals surface area contributed by atoms with E-state index in [1.54, 1.807) is 11.1 Å². The van der Waals surface area contributed by atoms with Crippen LogP contribution in [-0.4, -0.2) is 16.1 Å². The van der Waals surface area contributed by atoms with Crippen molar-refractivity contribution < 1.29 is 4.74 Å². The van der Waals surface area contributed by atoms with Gasteiger partial charge in [0.15, 0.2) is 0 Å². The SMILES string of the molecule is COc1ccc(-c2nc(=O)n(-c3ccccc3)s2)cc1. The van der Waals surface area contributed by atoms with Crippen LogP contribution in [0.25, 0.3) is 16.3 Å². The van der Waals surface area contributed by atoms with E-state index in [0.717, 1.165) is 17.0 Å². The third-order valence-electron chi connectivity index (χ3n) is 2.88. The molecule has 0 spiro atoms. The molecule has 0 bridgehead atoms. The van der Waals surface area contributed by atoms with E-state index in [0.29, 0.717) is 5.01 Å². The molecule has 0 unspecified atom stereocenters. The van der Waals surface area contributed by atoms with Crippen molar-refractivity contribution in [3.8, 4) is 22.0 Å². The summed E-state index contributed by atoms with van der Waals surface area (Å²) in [6.45, 7) is 0. The number of hydrogen-bond donors (Lipinski definition) is 0. The molecule has 0 N–H and O–H groups in total. The predicted octanol–water partition coefficient (Wildman–Crippen LogP) is 2.97. The molecule has 100 valence electrons. The number of para-hydroxylation sites is 1. The van der Waals surface area contributed by atoms with Crippen LogP contribution in [0.1, 0.15) is 0 Å². The Kier molecular flexibility index (Phi) is 3.35. The molecule has 1 heterocycles. The predicted molar refractivity (Wildman–Crippen MR) is 79.7 cm³/mol. The summed E-state index contributed by atoms with van der Waals surface area (Å²) in [5.74, 6) is 0.781. The molecule has 3 rings (SSSR count). The molecular formula is C15H12N2O2S. The Balaban J connectivity index is 2.02. The molecule has 1 aromatic heterocycles. The maximum Gasteiger partial charge on any atom is 0.363 e. The average molecular weight is 284 g/mol. The van der Waals surface area contributed by atoms with Crippen LogP contribution in [0.15, 0.2) is 59.4 Å². The molecule has 0 saturated carbocycles. The summed E-state index contributed by atoms with van der Waals surface area (Å²) in [7, 11) is 1.62. The van der Waals surface area contributed by atoms with Gasteiger partial charge in [-0.1, -0.05) is 18.2 Å². The third kappa shape index (κ3) is 2.35. The fraction of sp³-hybridized carbons (Fsp3) is 0.0667. The lowest BCUT2D eigenvalue weighted by atomic mass is 10.2.